The highest BCUT2D eigenvalue weighted by Gasteiger charge is 2.18. The van der Waals surface area contributed by atoms with Crippen molar-refractivity contribution >= 4 is 11.6 Å². The number of ether oxygens (including phenoxy) is 1. The van der Waals surface area contributed by atoms with Gasteiger partial charge in [0.1, 0.15) is 0 Å². The molecule has 1 aliphatic heterocycles. The maximum atomic E-state index is 11.8. The van der Waals surface area contributed by atoms with Gasteiger partial charge < -0.3 is 15.0 Å². The molecule has 1 aromatic rings. The fraction of sp³-hybridized carbons (Fsp3) is 0.500. The number of rotatable bonds is 6. The Kier molecular flexibility index (Phi) is 5.10. The fourth-order valence-corrected chi connectivity index (χ4v) is 2.38. The number of carbonyl (C=O) groups is 1. The molecule has 1 heterocycles. The monoisotopic (exact) mass is 293 g/mol. The summed E-state index contributed by atoms with van der Waals surface area (Å²) in [6.07, 6.45) is 2.13. The number of nitrogens with zero attached hydrogens (tertiary/aromatic N) is 2. The topological polar surface area (TPSA) is 84.7 Å². The quantitative estimate of drug-likeness (QED) is 0.631. The Balaban J connectivity index is 1.89. The first-order chi connectivity index (χ1) is 10.1. The third-order valence-corrected chi connectivity index (χ3v) is 3.50. The van der Waals surface area contributed by atoms with Crippen molar-refractivity contribution in [1.82, 2.24) is 10.2 Å². The molecule has 7 nitrogen and oxygen atoms in total. The van der Waals surface area contributed by atoms with Crippen LogP contribution < -0.4 is 10.1 Å². The van der Waals surface area contributed by atoms with Gasteiger partial charge in [0, 0.05) is 25.7 Å². The highest BCUT2D eigenvalue weighted by molar-refractivity contribution is 5.78. The van der Waals surface area contributed by atoms with Crippen LogP contribution in [0.25, 0.3) is 0 Å². The Bertz CT molecular complexity index is 527. The number of carbonyl (C=O) groups excluding carboxylic acids is 1. The zero-order valence-corrected chi connectivity index (χ0v) is 12.0. The number of amides is 1. The Morgan fingerprint density at radius 2 is 2.14 bits per heavy atom. The summed E-state index contributed by atoms with van der Waals surface area (Å²) in [5, 5.41) is 14.0. The Morgan fingerprint density at radius 1 is 1.43 bits per heavy atom. The third kappa shape index (κ3) is 3.91. The van der Waals surface area contributed by atoms with Gasteiger partial charge >= 0.3 is 5.69 Å². The minimum absolute atomic E-state index is 0.0670. The molecule has 1 amide bonds. The Morgan fingerprint density at radius 3 is 2.76 bits per heavy atom. The van der Waals surface area contributed by atoms with Gasteiger partial charge in [-0.25, -0.2) is 0 Å². The van der Waals surface area contributed by atoms with Crippen LogP contribution in [-0.4, -0.2) is 42.5 Å². The largest absolute Gasteiger partial charge is 0.490 e. The molecule has 1 saturated heterocycles. The number of nitro benzene ring substituents is 1. The van der Waals surface area contributed by atoms with Gasteiger partial charge in [0.25, 0.3) is 0 Å². The van der Waals surface area contributed by atoms with Gasteiger partial charge in [-0.05, 0) is 24.5 Å². The molecule has 1 fully saturated rings. The van der Waals surface area contributed by atoms with E-state index in [9.17, 15) is 14.9 Å². The minimum Gasteiger partial charge on any atom is -0.490 e. The number of nitro groups is 1. The number of hydrogen-bond donors (Lipinski definition) is 1. The number of nitrogens with one attached hydrogen (secondary N) is 1. The van der Waals surface area contributed by atoms with Crippen molar-refractivity contribution in [3.05, 3.63) is 33.9 Å². The molecule has 0 atom stereocenters. The van der Waals surface area contributed by atoms with Crippen molar-refractivity contribution in [2.75, 3.05) is 26.7 Å². The normalized spacial score (nSPS) is 14.2. The van der Waals surface area contributed by atoms with Crippen LogP contribution in [0.4, 0.5) is 5.69 Å². The first-order valence-corrected chi connectivity index (χ1v) is 6.91. The lowest BCUT2D eigenvalue weighted by atomic mass is 10.2. The first kappa shape index (κ1) is 15.2. The second-order valence-corrected chi connectivity index (χ2v) is 4.95. The van der Waals surface area contributed by atoms with E-state index in [1.54, 1.807) is 12.1 Å². The summed E-state index contributed by atoms with van der Waals surface area (Å²) in [5.74, 6) is 0.312. The van der Waals surface area contributed by atoms with Crippen LogP contribution in [0.3, 0.4) is 0 Å². The molecular weight excluding hydrogens is 274 g/mol. The molecule has 2 rings (SSSR count). The lowest BCUT2D eigenvalue weighted by Crippen LogP contribution is -2.35. The predicted octanol–water partition coefficient (Wildman–Crippen LogP) is 1.32. The van der Waals surface area contributed by atoms with Crippen molar-refractivity contribution in [3.63, 3.8) is 0 Å². The van der Waals surface area contributed by atoms with E-state index in [4.69, 9.17) is 4.74 Å². The smallest absolute Gasteiger partial charge is 0.311 e. The van der Waals surface area contributed by atoms with E-state index in [1.807, 2.05) is 4.90 Å². The summed E-state index contributed by atoms with van der Waals surface area (Å²) in [7, 11) is 1.40. The van der Waals surface area contributed by atoms with E-state index in [-0.39, 0.29) is 23.9 Å². The summed E-state index contributed by atoms with van der Waals surface area (Å²) in [6, 6.07) is 4.78. The van der Waals surface area contributed by atoms with Crippen LogP contribution in [0.5, 0.6) is 5.75 Å². The highest BCUT2D eigenvalue weighted by atomic mass is 16.6. The zero-order valence-electron chi connectivity index (χ0n) is 12.0. The van der Waals surface area contributed by atoms with Crippen LogP contribution in [-0.2, 0) is 11.3 Å². The summed E-state index contributed by atoms with van der Waals surface area (Å²) < 4.78 is 4.95. The van der Waals surface area contributed by atoms with Gasteiger partial charge in [-0.2, -0.15) is 0 Å². The summed E-state index contributed by atoms with van der Waals surface area (Å²) in [6.45, 7) is 2.31. The van der Waals surface area contributed by atoms with Crippen LogP contribution in [0.2, 0.25) is 0 Å². The molecule has 1 aromatic carbocycles. The maximum Gasteiger partial charge on any atom is 0.311 e. The fourth-order valence-electron chi connectivity index (χ4n) is 2.38. The third-order valence-electron chi connectivity index (χ3n) is 3.50. The molecule has 0 saturated carbocycles. The van der Waals surface area contributed by atoms with Crippen molar-refractivity contribution in [1.29, 1.82) is 0 Å². The van der Waals surface area contributed by atoms with E-state index in [2.05, 4.69) is 5.32 Å². The van der Waals surface area contributed by atoms with Crippen molar-refractivity contribution in [2.24, 2.45) is 0 Å². The van der Waals surface area contributed by atoms with Gasteiger partial charge in [-0.1, -0.05) is 6.07 Å². The number of benzene rings is 1. The highest BCUT2D eigenvalue weighted by Crippen LogP contribution is 2.27. The van der Waals surface area contributed by atoms with E-state index >= 15 is 0 Å². The van der Waals surface area contributed by atoms with E-state index in [0.29, 0.717) is 6.54 Å². The van der Waals surface area contributed by atoms with Crippen LogP contribution >= 0.6 is 0 Å². The number of methoxy groups -OCH3 is 1. The minimum atomic E-state index is -0.474. The average molecular weight is 293 g/mol. The van der Waals surface area contributed by atoms with Gasteiger partial charge in [0.15, 0.2) is 5.75 Å². The van der Waals surface area contributed by atoms with E-state index < -0.39 is 4.92 Å². The molecule has 7 heteroatoms. The van der Waals surface area contributed by atoms with Gasteiger partial charge in [-0.15, -0.1) is 0 Å². The predicted molar refractivity (Wildman–Crippen MR) is 77.2 cm³/mol. The molecule has 0 unspecified atom stereocenters. The van der Waals surface area contributed by atoms with Crippen LogP contribution in [0.1, 0.15) is 18.4 Å². The molecule has 1 aliphatic rings. The van der Waals surface area contributed by atoms with Gasteiger partial charge in [0.2, 0.25) is 5.91 Å². The Hall–Kier alpha value is -2.15. The first-order valence-electron chi connectivity index (χ1n) is 6.91. The number of hydrogen-bond acceptors (Lipinski definition) is 5. The second kappa shape index (κ2) is 7.03. The van der Waals surface area contributed by atoms with Crippen molar-refractivity contribution in [2.45, 2.75) is 19.4 Å². The zero-order chi connectivity index (χ0) is 15.2. The second-order valence-electron chi connectivity index (χ2n) is 4.95. The lowest BCUT2D eigenvalue weighted by Gasteiger charge is -2.15. The molecule has 21 heavy (non-hydrogen) atoms. The molecule has 0 spiro atoms. The molecular formula is C14H19N3O4. The van der Waals surface area contributed by atoms with Crippen molar-refractivity contribution in [3.8, 4) is 5.75 Å². The maximum absolute atomic E-state index is 11.8. The summed E-state index contributed by atoms with van der Waals surface area (Å²) in [5.41, 5.74) is 0.680. The lowest BCUT2D eigenvalue weighted by molar-refractivity contribution is -0.385. The standard InChI is InChI=1S/C14H19N3O4/c1-21-13-5-4-11(8-12(13)17(19)20)9-15-10-14(18)16-6-2-3-7-16/h4-5,8,15H,2-3,6-7,9-10H2,1H3. The molecule has 0 aromatic heterocycles. The van der Waals surface area contributed by atoms with Crippen LogP contribution in [0.15, 0.2) is 18.2 Å². The Labute approximate surface area is 123 Å². The van der Waals surface area contributed by atoms with Crippen LogP contribution in [0, 0.1) is 10.1 Å². The molecule has 0 bridgehead atoms. The molecule has 0 radical (unpaired) electrons. The molecule has 0 aliphatic carbocycles. The number of likely N-dealkylation sites (tertiary alicyclic amines) is 1. The van der Waals surface area contributed by atoms with E-state index in [0.717, 1.165) is 31.5 Å². The van der Waals surface area contributed by atoms with Gasteiger partial charge in [-0.3, -0.25) is 14.9 Å². The molecule has 1 N–H and O–H groups in total. The van der Waals surface area contributed by atoms with Gasteiger partial charge in [0.05, 0.1) is 18.6 Å². The van der Waals surface area contributed by atoms with Crippen molar-refractivity contribution < 1.29 is 14.5 Å². The van der Waals surface area contributed by atoms with E-state index in [1.165, 1.54) is 13.2 Å². The average Bonchev–Trinajstić information content (AvgIpc) is 3.01. The summed E-state index contributed by atoms with van der Waals surface area (Å²) in [4.78, 5) is 24.1. The SMILES string of the molecule is COc1ccc(CNCC(=O)N2CCCC2)cc1[N+](=O)[O-]. The molecule has 114 valence electrons. The summed E-state index contributed by atoms with van der Waals surface area (Å²) >= 11 is 0.